The van der Waals surface area contributed by atoms with Crippen molar-refractivity contribution < 1.29 is 65.3 Å². The average Bonchev–Trinajstić information content (AvgIpc) is 0.722. The number of hydrogen-bond acceptors (Lipinski definition) is 4. The van der Waals surface area contributed by atoms with E-state index in [1.807, 2.05) is 0 Å². The van der Waals surface area contributed by atoms with Crippen LogP contribution in [0.1, 0.15) is 0 Å². The third-order valence-electron chi connectivity index (χ3n) is 0. The Morgan fingerprint density at radius 2 is 1.14 bits per heavy atom. The van der Waals surface area contributed by atoms with E-state index >= 15 is 0 Å². The van der Waals surface area contributed by atoms with Crippen molar-refractivity contribution in [2.75, 3.05) is 0 Å². The van der Waals surface area contributed by atoms with Crippen LogP contribution >= 0.6 is 0 Å². The molecule has 0 aliphatic heterocycles. The van der Waals surface area contributed by atoms with Crippen molar-refractivity contribution in [1.82, 2.24) is 0 Å². The molecule has 39 valence electrons. The summed E-state index contributed by atoms with van der Waals surface area (Å²) in [4.78, 5) is 0. The molecular weight excluding hydrogens is 182 g/mol. The molecule has 0 aromatic rings. The molecule has 7 heavy (non-hydrogen) atoms. The summed E-state index contributed by atoms with van der Waals surface area (Å²) in [5.74, 6) is 0. The monoisotopic (exact) mass is 182 g/mol. The molecule has 0 rings (SSSR count). The normalized spacial score (nSPS) is 8.29. The van der Waals surface area contributed by atoms with Gasteiger partial charge in [-0.3, -0.25) is 0 Å². The second-order valence-corrected chi connectivity index (χ2v) is 1.56. The molecule has 0 fully saturated rings. The molecule has 0 amide bonds. The van der Waals surface area contributed by atoms with E-state index in [1.54, 1.807) is 0 Å². The fourth-order valence-electron chi connectivity index (χ4n) is 0. The summed E-state index contributed by atoms with van der Waals surface area (Å²) in [5, 5.41) is 0. The van der Waals surface area contributed by atoms with Crippen LogP contribution in [-0.2, 0) is 38.1 Å². The first-order valence-electron chi connectivity index (χ1n) is 0.617. The molecule has 0 spiro atoms. The van der Waals surface area contributed by atoms with Gasteiger partial charge in [0, 0.05) is 0 Å². The summed E-state index contributed by atoms with van der Waals surface area (Å²) < 4.78 is 34.3. The summed E-state index contributed by atoms with van der Waals surface area (Å²) >= 11 is -5.62. The molecule has 0 radical (unpaired) electrons. The first kappa shape index (κ1) is 15.7. The van der Waals surface area contributed by atoms with Crippen LogP contribution in [0.25, 0.3) is 0 Å². The van der Waals surface area contributed by atoms with E-state index in [9.17, 15) is 0 Å². The van der Waals surface area contributed by atoms with Gasteiger partial charge in [-0.1, -0.05) is 0 Å². The summed E-state index contributed by atoms with van der Waals surface area (Å²) in [6.07, 6.45) is 0. The minimum absolute atomic E-state index is 0. The van der Waals surface area contributed by atoms with Gasteiger partial charge in [-0.2, -0.15) is 0 Å². The first-order valence-corrected chi connectivity index (χ1v) is 2.54. The molecule has 0 aliphatic carbocycles. The standard InChI is InChI=1S/Fe.Li.Mn.4O/q+2;+1;;;;2*-1. The third kappa shape index (κ3) is 142. The molecule has 0 bridgehead atoms. The van der Waals surface area contributed by atoms with E-state index in [0.717, 1.165) is 0 Å². The predicted octanol–water partition coefficient (Wildman–Crippen LogP) is -5.62. The zero-order valence-electron chi connectivity index (χ0n) is 3.36. The van der Waals surface area contributed by atoms with Crippen molar-refractivity contribution in [3.63, 3.8) is 0 Å². The zero-order valence-corrected chi connectivity index (χ0v) is 5.65. The second kappa shape index (κ2) is 5.30. The van der Waals surface area contributed by atoms with Gasteiger partial charge < -0.3 is 0 Å². The van der Waals surface area contributed by atoms with E-state index < -0.39 is 13.4 Å². The van der Waals surface area contributed by atoms with Crippen molar-refractivity contribution in [3.8, 4) is 0 Å². The molecule has 0 saturated carbocycles. The van der Waals surface area contributed by atoms with Gasteiger partial charge in [-0.15, -0.1) is 0 Å². The number of hydrogen-bond donors (Lipinski definition) is 0. The van der Waals surface area contributed by atoms with Crippen LogP contribution in [0.5, 0.6) is 0 Å². The van der Waals surface area contributed by atoms with Gasteiger partial charge in [0.05, 0.1) is 0 Å². The molecule has 0 aromatic heterocycles. The van der Waals surface area contributed by atoms with Gasteiger partial charge in [-0.05, 0) is 0 Å². The molecule has 4 nitrogen and oxygen atoms in total. The van der Waals surface area contributed by atoms with Crippen molar-refractivity contribution in [3.05, 3.63) is 0 Å². The zero-order chi connectivity index (χ0) is 4.50. The van der Waals surface area contributed by atoms with Gasteiger partial charge in [0.1, 0.15) is 0 Å². The molecule has 7 heteroatoms. The Labute approximate surface area is 65.2 Å². The Morgan fingerprint density at radius 3 is 1.14 bits per heavy atom. The van der Waals surface area contributed by atoms with Gasteiger partial charge in [0.15, 0.2) is 0 Å². The van der Waals surface area contributed by atoms with E-state index in [4.69, 9.17) is 16.0 Å². The van der Waals surface area contributed by atoms with Crippen molar-refractivity contribution in [1.29, 1.82) is 0 Å². The Hall–Kier alpha value is 1.16. The quantitative estimate of drug-likeness (QED) is 0.349. The predicted molar refractivity (Wildman–Crippen MR) is 1.37 cm³/mol. The van der Waals surface area contributed by atoms with Crippen LogP contribution in [0.4, 0.5) is 0 Å². The maximum absolute atomic E-state index is 8.58. The second-order valence-electron chi connectivity index (χ2n) is 0.378. The van der Waals surface area contributed by atoms with Crippen LogP contribution in [0.15, 0.2) is 0 Å². The van der Waals surface area contributed by atoms with Gasteiger partial charge in [0.2, 0.25) is 0 Å². The molecule has 0 aromatic carbocycles. The molecule has 0 saturated heterocycles. The maximum atomic E-state index is 8.58. The molecule has 0 aliphatic rings. The third-order valence-corrected chi connectivity index (χ3v) is 0. The summed E-state index contributed by atoms with van der Waals surface area (Å²) in [5.41, 5.74) is 0. The summed E-state index contributed by atoms with van der Waals surface area (Å²) in [7, 11) is 0. The van der Waals surface area contributed by atoms with Gasteiger partial charge >= 0.3 is 65.3 Å². The van der Waals surface area contributed by atoms with Gasteiger partial charge in [0.25, 0.3) is 0 Å². The van der Waals surface area contributed by atoms with Crippen molar-refractivity contribution >= 4 is 0 Å². The van der Waals surface area contributed by atoms with E-state index in [0.29, 0.717) is 0 Å². The molecule has 0 N–H and O–H groups in total. The first-order chi connectivity index (χ1) is 2.00. The Balaban J connectivity index is -0.0000000800. The van der Waals surface area contributed by atoms with Gasteiger partial charge in [-0.25, -0.2) is 0 Å². The number of rotatable bonds is 0. The molecule has 0 atom stereocenters. The van der Waals surface area contributed by atoms with Crippen LogP contribution in [-0.4, -0.2) is 0 Å². The fourth-order valence-corrected chi connectivity index (χ4v) is 0. The Bertz CT molecular complexity index is 94.9. The average molecular weight is 182 g/mol. The summed E-state index contributed by atoms with van der Waals surface area (Å²) in [6.45, 7) is 0. The van der Waals surface area contributed by atoms with Crippen molar-refractivity contribution in [2.45, 2.75) is 0 Å². The minimum atomic E-state index is -5.62. The van der Waals surface area contributed by atoms with E-state index in [1.165, 1.54) is 0 Å². The molecular formula is FeLiMnO4+. The summed E-state index contributed by atoms with van der Waals surface area (Å²) in [6, 6.07) is 0. The molecule has 0 unspecified atom stereocenters. The van der Waals surface area contributed by atoms with E-state index in [-0.39, 0.29) is 35.9 Å². The van der Waals surface area contributed by atoms with Crippen LogP contribution in [0.2, 0.25) is 0 Å². The SMILES string of the molecule is [Fe+2].[Li+].[O]=[Mn](=[O])([O-])[O-]. The molecule has 0 heterocycles. The van der Waals surface area contributed by atoms with E-state index in [2.05, 4.69) is 0 Å². The topological polar surface area (TPSA) is 80.3 Å². The Kier molecular flexibility index (Phi) is 11.9. The van der Waals surface area contributed by atoms with Crippen LogP contribution < -0.4 is 27.2 Å². The fraction of sp³-hybridized carbons (Fsp3) is 0. The Morgan fingerprint density at radius 1 is 1.14 bits per heavy atom. The van der Waals surface area contributed by atoms with Crippen LogP contribution in [0.3, 0.4) is 0 Å². The van der Waals surface area contributed by atoms with Crippen molar-refractivity contribution in [2.24, 2.45) is 0 Å². The van der Waals surface area contributed by atoms with Crippen LogP contribution in [0, 0.1) is 0 Å².